The normalized spacial score (nSPS) is 10.5. The van der Waals surface area contributed by atoms with E-state index in [1.54, 1.807) is 24.5 Å². The summed E-state index contributed by atoms with van der Waals surface area (Å²) in [6, 6.07) is 12.9. The van der Waals surface area contributed by atoms with Gasteiger partial charge in [-0.1, -0.05) is 12.1 Å². The quantitative estimate of drug-likeness (QED) is 0.660. The molecule has 0 atom stereocenters. The summed E-state index contributed by atoms with van der Waals surface area (Å²) < 4.78 is 5.66. The molecule has 3 rings (SSSR count). The third-order valence-corrected chi connectivity index (χ3v) is 4.40. The zero-order valence-electron chi connectivity index (χ0n) is 16.0. The molecule has 0 aliphatic rings. The van der Waals surface area contributed by atoms with Crippen LogP contribution in [0.4, 0.5) is 0 Å². The minimum Gasteiger partial charge on any atom is -0.493 e. The monoisotopic (exact) mass is 377 g/mol. The Hall–Kier alpha value is -3.41. The Bertz CT molecular complexity index is 918. The highest BCUT2D eigenvalue weighted by Crippen LogP contribution is 2.19. The predicted molar refractivity (Wildman–Crippen MR) is 106 cm³/mol. The largest absolute Gasteiger partial charge is 0.493 e. The van der Waals surface area contributed by atoms with E-state index in [9.17, 15) is 9.90 Å². The average molecular weight is 377 g/mol. The van der Waals surface area contributed by atoms with Crippen LogP contribution in [0.3, 0.4) is 0 Å². The lowest BCUT2D eigenvalue weighted by molar-refractivity contribution is 0.0950. The fourth-order valence-corrected chi connectivity index (χ4v) is 2.88. The van der Waals surface area contributed by atoms with E-state index in [0.717, 1.165) is 29.0 Å². The molecule has 0 saturated carbocycles. The number of aromatic hydroxyl groups is 1. The molecule has 6 nitrogen and oxygen atoms in total. The van der Waals surface area contributed by atoms with Gasteiger partial charge in [0.15, 0.2) is 0 Å². The molecule has 0 bridgehead atoms. The third-order valence-electron chi connectivity index (χ3n) is 4.40. The van der Waals surface area contributed by atoms with Gasteiger partial charge in [-0.15, -0.1) is 0 Å². The van der Waals surface area contributed by atoms with E-state index in [-0.39, 0.29) is 18.3 Å². The Kier molecular flexibility index (Phi) is 6.22. The molecule has 28 heavy (non-hydrogen) atoms. The molecule has 2 heterocycles. The summed E-state index contributed by atoms with van der Waals surface area (Å²) in [5.41, 5.74) is 3.92. The van der Waals surface area contributed by atoms with E-state index in [1.807, 2.05) is 44.2 Å². The number of ether oxygens (including phenoxy) is 1. The maximum Gasteiger partial charge on any atom is 0.251 e. The van der Waals surface area contributed by atoms with Crippen molar-refractivity contribution in [1.82, 2.24) is 15.3 Å². The summed E-state index contributed by atoms with van der Waals surface area (Å²) >= 11 is 0. The van der Waals surface area contributed by atoms with Gasteiger partial charge < -0.3 is 15.2 Å². The van der Waals surface area contributed by atoms with Crippen molar-refractivity contribution in [3.8, 4) is 11.6 Å². The summed E-state index contributed by atoms with van der Waals surface area (Å²) in [4.78, 5) is 20.4. The van der Waals surface area contributed by atoms with Crippen LogP contribution in [0.25, 0.3) is 0 Å². The molecule has 0 unspecified atom stereocenters. The molecule has 0 fully saturated rings. The zero-order valence-corrected chi connectivity index (χ0v) is 16.0. The lowest BCUT2D eigenvalue weighted by Gasteiger charge is -2.11. The van der Waals surface area contributed by atoms with Crippen LogP contribution < -0.4 is 10.1 Å². The highest BCUT2D eigenvalue weighted by molar-refractivity contribution is 5.94. The molecule has 0 radical (unpaired) electrons. The van der Waals surface area contributed by atoms with Gasteiger partial charge in [0, 0.05) is 42.2 Å². The maximum absolute atomic E-state index is 12.4. The summed E-state index contributed by atoms with van der Waals surface area (Å²) in [6.45, 7) is 4.48. The van der Waals surface area contributed by atoms with Gasteiger partial charge in [0.05, 0.1) is 6.61 Å². The summed E-state index contributed by atoms with van der Waals surface area (Å²) in [7, 11) is 0. The number of aromatic nitrogens is 2. The van der Waals surface area contributed by atoms with Crippen molar-refractivity contribution in [2.45, 2.75) is 26.8 Å². The molecular weight excluding hydrogens is 354 g/mol. The number of benzene rings is 1. The first-order chi connectivity index (χ1) is 13.5. The van der Waals surface area contributed by atoms with Gasteiger partial charge in [-0.3, -0.25) is 9.78 Å². The number of amides is 1. The molecule has 0 aliphatic carbocycles. The number of aryl methyl sites for hydroxylation is 2. The van der Waals surface area contributed by atoms with Crippen LogP contribution >= 0.6 is 0 Å². The first-order valence-electron chi connectivity index (χ1n) is 9.09. The number of carbonyl (C=O) groups is 1. The van der Waals surface area contributed by atoms with E-state index >= 15 is 0 Å². The summed E-state index contributed by atoms with van der Waals surface area (Å²) in [6.07, 6.45) is 4.12. The molecule has 2 N–H and O–H groups in total. The second-order valence-electron chi connectivity index (χ2n) is 6.54. The number of rotatable bonds is 7. The number of nitrogens with one attached hydrogen (secondary N) is 1. The van der Waals surface area contributed by atoms with Crippen LogP contribution in [0.1, 0.15) is 32.7 Å². The van der Waals surface area contributed by atoms with E-state index in [1.165, 1.54) is 0 Å². The maximum atomic E-state index is 12.4. The molecule has 0 aliphatic heterocycles. The van der Waals surface area contributed by atoms with Gasteiger partial charge >= 0.3 is 0 Å². The number of carbonyl (C=O) groups excluding carboxylic acids is 1. The molecule has 6 heteroatoms. The number of nitrogens with zero attached hydrogens (tertiary/aromatic N) is 2. The molecule has 1 amide bonds. The van der Waals surface area contributed by atoms with E-state index in [4.69, 9.17) is 4.74 Å². The number of hydrogen-bond donors (Lipinski definition) is 2. The van der Waals surface area contributed by atoms with Crippen molar-refractivity contribution in [1.29, 1.82) is 0 Å². The molecular formula is C22H23N3O3. The van der Waals surface area contributed by atoms with Gasteiger partial charge in [-0.05, 0) is 55.3 Å². The minimum atomic E-state index is -0.195. The van der Waals surface area contributed by atoms with Crippen LogP contribution in [0.2, 0.25) is 0 Å². The fraction of sp³-hybridized carbons (Fsp3) is 0.227. The Balaban J connectivity index is 1.52. The highest BCUT2D eigenvalue weighted by Gasteiger charge is 2.11. The number of pyridine rings is 2. The lowest BCUT2D eigenvalue weighted by atomic mass is 10.1. The Morgan fingerprint density at radius 3 is 2.50 bits per heavy atom. The lowest BCUT2D eigenvalue weighted by Crippen LogP contribution is -2.23. The third kappa shape index (κ3) is 5.07. The second kappa shape index (κ2) is 8.99. The second-order valence-corrected chi connectivity index (χ2v) is 6.54. The van der Waals surface area contributed by atoms with Crippen LogP contribution in [0.5, 0.6) is 11.6 Å². The Morgan fingerprint density at radius 2 is 1.82 bits per heavy atom. The SMILES string of the molecule is Cc1cc(C)c(CNC(=O)c2ccc(CCOc3ccncc3)cc2)c(O)n1. The van der Waals surface area contributed by atoms with Crippen LogP contribution in [0, 0.1) is 13.8 Å². The van der Waals surface area contributed by atoms with Crippen molar-refractivity contribution < 1.29 is 14.6 Å². The van der Waals surface area contributed by atoms with Crippen molar-refractivity contribution in [3.63, 3.8) is 0 Å². The van der Waals surface area contributed by atoms with Crippen LogP contribution in [-0.2, 0) is 13.0 Å². The van der Waals surface area contributed by atoms with Gasteiger partial charge in [0.25, 0.3) is 5.91 Å². The molecule has 2 aromatic heterocycles. The van der Waals surface area contributed by atoms with Gasteiger partial charge in [0.1, 0.15) is 5.75 Å². The minimum absolute atomic E-state index is 0.0395. The van der Waals surface area contributed by atoms with E-state index < -0.39 is 0 Å². The topological polar surface area (TPSA) is 84.3 Å². The van der Waals surface area contributed by atoms with Crippen LogP contribution in [-0.4, -0.2) is 27.6 Å². The smallest absolute Gasteiger partial charge is 0.251 e. The molecule has 3 aromatic rings. The molecule has 0 spiro atoms. The van der Waals surface area contributed by atoms with Crippen molar-refractivity contribution in [2.75, 3.05) is 6.61 Å². The van der Waals surface area contributed by atoms with Gasteiger partial charge in [-0.25, -0.2) is 4.98 Å². The molecule has 0 saturated heterocycles. The van der Waals surface area contributed by atoms with Crippen molar-refractivity contribution in [2.24, 2.45) is 0 Å². The highest BCUT2D eigenvalue weighted by atomic mass is 16.5. The first kappa shape index (κ1) is 19.4. The summed E-state index contributed by atoms with van der Waals surface area (Å²) in [5.74, 6) is 0.552. The van der Waals surface area contributed by atoms with Gasteiger partial charge in [0.2, 0.25) is 5.88 Å². The standard InChI is InChI=1S/C22H23N3O3/c1-15-13-16(2)25-22(27)20(15)14-24-21(26)18-5-3-17(4-6-18)9-12-28-19-7-10-23-11-8-19/h3-8,10-11,13H,9,12,14H2,1-2H3,(H,24,26)(H,25,27). The first-order valence-corrected chi connectivity index (χ1v) is 9.09. The Morgan fingerprint density at radius 1 is 1.11 bits per heavy atom. The average Bonchev–Trinajstić information content (AvgIpc) is 2.68. The van der Waals surface area contributed by atoms with Crippen LogP contribution in [0.15, 0.2) is 54.9 Å². The number of hydrogen-bond acceptors (Lipinski definition) is 5. The van der Waals surface area contributed by atoms with Gasteiger partial charge in [-0.2, -0.15) is 0 Å². The fourth-order valence-electron chi connectivity index (χ4n) is 2.88. The van der Waals surface area contributed by atoms with E-state index in [2.05, 4.69) is 15.3 Å². The predicted octanol–water partition coefficient (Wildman–Crippen LogP) is 3.35. The molecule has 144 valence electrons. The Labute approximate surface area is 164 Å². The van der Waals surface area contributed by atoms with E-state index in [0.29, 0.717) is 17.7 Å². The molecule has 1 aromatic carbocycles. The zero-order chi connectivity index (χ0) is 19.9. The summed E-state index contributed by atoms with van der Waals surface area (Å²) in [5, 5.41) is 12.8. The van der Waals surface area contributed by atoms with Crippen molar-refractivity contribution in [3.05, 3.63) is 82.8 Å². The van der Waals surface area contributed by atoms with Crippen molar-refractivity contribution >= 4 is 5.91 Å².